The number of halogens is 3. The first kappa shape index (κ1) is 13.7. The molecule has 1 saturated heterocycles. The second-order valence-electron chi connectivity index (χ2n) is 4.87. The Bertz CT molecular complexity index is 394. The zero-order valence-corrected chi connectivity index (χ0v) is 11.9. The quantitative estimate of drug-likeness (QED) is 0.918. The highest BCUT2D eigenvalue weighted by Gasteiger charge is 2.17. The molecule has 2 nitrogen and oxygen atoms in total. The van der Waals surface area contributed by atoms with E-state index < -0.39 is 11.6 Å². The highest BCUT2D eigenvalue weighted by atomic mass is 79.9. The summed E-state index contributed by atoms with van der Waals surface area (Å²) in [5.74, 6) is -0.559. The Morgan fingerprint density at radius 1 is 1.33 bits per heavy atom. The molecule has 0 unspecified atom stereocenters. The lowest BCUT2D eigenvalue weighted by molar-refractivity contribution is 0.226. The van der Waals surface area contributed by atoms with Crippen LogP contribution in [0, 0.1) is 17.6 Å². The maximum Gasteiger partial charge on any atom is 0.150 e. The minimum absolute atomic E-state index is 0.357. The molecule has 5 heteroatoms. The first-order chi connectivity index (χ1) is 8.56. The minimum atomic E-state index is -0.566. The largest absolute Gasteiger partial charge is 0.381 e. The summed E-state index contributed by atoms with van der Waals surface area (Å²) in [4.78, 5) is 2.30. The van der Waals surface area contributed by atoms with Crippen LogP contribution in [0.5, 0.6) is 0 Å². The van der Waals surface area contributed by atoms with Gasteiger partial charge in [-0.2, -0.15) is 0 Å². The monoisotopic (exact) mass is 318 g/mol. The molecular formula is C13H17BrF2N2. The molecule has 1 N–H and O–H groups in total. The summed E-state index contributed by atoms with van der Waals surface area (Å²) in [6, 6.07) is 2.18. The average molecular weight is 319 g/mol. The van der Waals surface area contributed by atoms with Crippen LogP contribution in [0.3, 0.4) is 0 Å². The SMILES string of the molecule is CN1CCC(CNc2c(F)cc(F)cc2Br)CC1. The molecule has 0 aromatic heterocycles. The maximum atomic E-state index is 13.6. The molecule has 0 bridgehead atoms. The summed E-state index contributed by atoms with van der Waals surface area (Å²) in [5.41, 5.74) is 0.357. The van der Waals surface area contributed by atoms with Crippen molar-refractivity contribution >= 4 is 21.6 Å². The van der Waals surface area contributed by atoms with Crippen LogP contribution < -0.4 is 5.32 Å². The Morgan fingerprint density at radius 2 is 2.00 bits per heavy atom. The van der Waals surface area contributed by atoms with Gasteiger partial charge in [-0.1, -0.05) is 0 Å². The third-order valence-corrected chi connectivity index (χ3v) is 4.04. The smallest absolute Gasteiger partial charge is 0.150 e. The molecule has 0 radical (unpaired) electrons. The number of likely N-dealkylation sites (tertiary alicyclic amines) is 1. The topological polar surface area (TPSA) is 15.3 Å². The zero-order valence-electron chi connectivity index (χ0n) is 10.3. The Hall–Kier alpha value is -0.680. The van der Waals surface area contributed by atoms with Gasteiger partial charge in [0.05, 0.1) is 5.69 Å². The van der Waals surface area contributed by atoms with Crippen LogP contribution in [0.25, 0.3) is 0 Å². The highest BCUT2D eigenvalue weighted by Crippen LogP contribution is 2.27. The van der Waals surface area contributed by atoms with Crippen molar-refractivity contribution in [3.63, 3.8) is 0 Å². The van der Waals surface area contributed by atoms with Crippen molar-refractivity contribution in [1.29, 1.82) is 0 Å². The van der Waals surface area contributed by atoms with Crippen molar-refractivity contribution in [3.8, 4) is 0 Å². The summed E-state index contributed by atoms with van der Waals surface area (Å²) in [7, 11) is 2.11. The predicted octanol–water partition coefficient (Wildman–Crippen LogP) is 3.48. The average Bonchev–Trinajstić information content (AvgIpc) is 2.30. The van der Waals surface area contributed by atoms with E-state index in [0.29, 0.717) is 16.1 Å². The predicted molar refractivity (Wildman–Crippen MR) is 72.8 cm³/mol. The number of hydrogen-bond acceptors (Lipinski definition) is 2. The molecule has 100 valence electrons. The van der Waals surface area contributed by atoms with E-state index in [1.165, 1.54) is 6.07 Å². The molecule has 1 aromatic rings. The molecular weight excluding hydrogens is 302 g/mol. The molecule has 1 aromatic carbocycles. The van der Waals surface area contributed by atoms with E-state index in [9.17, 15) is 8.78 Å². The second kappa shape index (κ2) is 5.97. The molecule has 1 aliphatic heterocycles. The lowest BCUT2D eigenvalue weighted by Gasteiger charge is -2.29. The van der Waals surface area contributed by atoms with Crippen LogP contribution in [0.1, 0.15) is 12.8 Å². The van der Waals surface area contributed by atoms with Crippen LogP contribution in [0.2, 0.25) is 0 Å². The first-order valence-corrected chi connectivity index (χ1v) is 6.92. The zero-order chi connectivity index (χ0) is 13.1. The summed E-state index contributed by atoms with van der Waals surface area (Å²) >= 11 is 3.18. The fourth-order valence-electron chi connectivity index (χ4n) is 2.22. The van der Waals surface area contributed by atoms with Crippen LogP contribution in [-0.4, -0.2) is 31.6 Å². The van der Waals surface area contributed by atoms with E-state index in [4.69, 9.17) is 0 Å². The Kier molecular flexibility index (Phi) is 4.56. The Balaban J connectivity index is 1.94. The molecule has 0 saturated carbocycles. The van der Waals surface area contributed by atoms with E-state index in [1.807, 2.05) is 0 Å². The van der Waals surface area contributed by atoms with Gasteiger partial charge in [0.25, 0.3) is 0 Å². The fraction of sp³-hybridized carbons (Fsp3) is 0.538. The van der Waals surface area contributed by atoms with Gasteiger partial charge in [0.1, 0.15) is 11.6 Å². The number of nitrogens with one attached hydrogen (secondary N) is 1. The molecule has 0 amide bonds. The number of nitrogens with zero attached hydrogens (tertiary/aromatic N) is 1. The normalized spacial score (nSPS) is 18.0. The van der Waals surface area contributed by atoms with E-state index in [0.717, 1.165) is 38.5 Å². The van der Waals surface area contributed by atoms with Crippen molar-refractivity contribution in [2.45, 2.75) is 12.8 Å². The summed E-state index contributed by atoms with van der Waals surface area (Å²) in [6.07, 6.45) is 2.23. The summed E-state index contributed by atoms with van der Waals surface area (Å²) < 4.78 is 27.0. The third-order valence-electron chi connectivity index (χ3n) is 3.41. The number of hydrogen-bond donors (Lipinski definition) is 1. The van der Waals surface area contributed by atoms with Crippen molar-refractivity contribution in [2.75, 3.05) is 32.0 Å². The Morgan fingerprint density at radius 3 is 2.61 bits per heavy atom. The molecule has 18 heavy (non-hydrogen) atoms. The van der Waals surface area contributed by atoms with Gasteiger partial charge in [-0.05, 0) is 60.9 Å². The molecule has 1 heterocycles. The Labute approximate surface area is 114 Å². The molecule has 0 atom stereocenters. The van der Waals surface area contributed by atoms with Gasteiger partial charge in [0.2, 0.25) is 0 Å². The lowest BCUT2D eigenvalue weighted by Crippen LogP contribution is -2.33. The maximum absolute atomic E-state index is 13.6. The van der Waals surface area contributed by atoms with Crippen LogP contribution >= 0.6 is 15.9 Å². The highest BCUT2D eigenvalue weighted by molar-refractivity contribution is 9.10. The number of piperidine rings is 1. The molecule has 1 fully saturated rings. The van der Waals surface area contributed by atoms with E-state index in [1.54, 1.807) is 0 Å². The van der Waals surface area contributed by atoms with Gasteiger partial charge in [-0.15, -0.1) is 0 Å². The van der Waals surface area contributed by atoms with Crippen molar-refractivity contribution < 1.29 is 8.78 Å². The standard InChI is InChI=1S/C13H17BrF2N2/c1-18-4-2-9(3-5-18)8-17-13-11(14)6-10(15)7-12(13)16/h6-7,9,17H,2-5,8H2,1H3. The van der Waals surface area contributed by atoms with Crippen molar-refractivity contribution in [2.24, 2.45) is 5.92 Å². The van der Waals surface area contributed by atoms with Gasteiger partial charge in [-0.3, -0.25) is 0 Å². The van der Waals surface area contributed by atoms with Crippen LogP contribution in [0.4, 0.5) is 14.5 Å². The van der Waals surface area contributed by atoms with Gasteiger partial charge in [0.15, 0.2) is 0 Å². The van der Waals surface area contributed by atoms with E-state index >= 15 is 0 Å². The van der Waals surface area contributed by atoms with Gasteiger partial charge < -0.3 is 10.2 Å². The molecule has 0 spiro atoms. The number of rotatable bonds is 3. The summed E-state index contributed by atoms with van der Waals surface area (Å²) in [6.45, 7) is 2.90. The molecule has 0 aliphatic carbocycles. The van der Waals surface area contributed by atoms with Gasteiger partial charge in [0, 0.05) is 17.1 Å². The molecule has 1 aliphatic rings. The van der Waals surface area contributed by atoms with Gasteiger partial charge >= 0.3 is 0 Å². The minimum Gasteiger partial charge on any atom is -0.381 e. The summed E-state index contributed by atoms with van der Waals surface area (Å²) in [5, 5.41) is 3.09. The number of anilines is 1. The lowest BCUT2D eigenvalue weighted by atomic mass is 9.97. The number of benzene rings is 1. The third kappa shape index (κ3) is 3.42. The van der Waals surface area contributed by atoms with Crippen LogP contribution in [0.15, 0.2) is 16.6 Å². The van der Waals surface area contributed by atoms with Crippen molar-refractivity contribution in [3.05, 3.63) is 28.2 Å². The first-order valence-electron chi connectivity index (χ1n) is 6.13. The molecule has 2 rings (SSSR count). The fourth-order valence-corrected chi connectivity index (χ4v) is 2.77. The second-order valence-corrected chi connectivity index (χ2v) is 5.73. The van der Waals surface area contributed by atoms with Gasteiger partial charge in [-0.25, -0.2) is 8.78 Å². The van der Waals surface area contributed by atoms with Crippen LogP contribution in [-0.2, 0) is 0 Å². The van der Waals surface area contributed by atoms with E-state index in [2.05, 4.69) is 33.2 Å². The van der Waals surface area contributed by atoms with E-state index in [-0.39, 0.29) is 0 Å². The van der Waals surface area contributed by atoms with Crippen molar-refractivity contribution in [1.82, 2.24) is 4.90 Å².